The summed E-state index contributed by atoms with van der Waals surface area (Å²) < 4.78 is 1.42. The van der Waals surface area contributed by atoms with Gasteiger partial charge >= 0.3 is 5.69 Å². The Labute approximate surface area is 180 Å². The maximum Gasteiger partial charge on any atom is 0.350 e. The lowest BCUT2D eigenvalue weighted by atomic mass is 10.1. The number of amides is 1. The molecule has 31 heavy (non-hydrogen) atoms. The number of benzene rings is 3. The van der Waals surface area contributed by atoms with E-state index in [0.29, 0.717) is 24.4 Å². The van der Waals surface area contributed by atoms with Crippen molar-refractivity contribution in [3.63, 3.8) is 0 Å². The van der Waals surface area contributed by atoms with E-state index in [9.17, 15) is 9.59 Å². The van der Waals surface area contributed by atoms with Gasteiger partial charge in [-0.15, -0.1) is 0 Å². The van der Waals surface area contributed by atoms with Gasteiger partial charge in [0.25, 0.3) is 0 Å². The summed E-state index contributed by atoms with van der Waals surface area (Å²) in [6, 6.07) is 27.4. The summed E-state index contributed by atoms with van der Waals surface area (Å²) in [6.45, 7) is 1.00. The fourth-order valence-corrected chi connectivity index (χ4v) is 3.49. The number of carbonyl (C=O) groups is 1. The Morgan fingerprint density at radius 2 is 1.48 bits per heavy atom. The molecule has 0 radical (unpaired) electrons. The zero-order chi connectivity index (χ0) is 21.5. The third-order valence-electron chi connectivity index (χ3n) is 5.07. The Balaban J connectivity index is 1.48. The highest BCUT2D eigenvalue weighted by molar-refractivity contribution is 5.90. The number of hydrogen-bond acceptors (Lipinski definition) is 4. The maximum atomic E-state index is 12.7. The van der Waals surface area contributed by atoms with Crippen LogP contribution in [0.25, 0.3) is 10.9 Å². The second-order valence-electron chi connectivity index (χ2n) is 7.27. The van der Waals surface area contributed by atoms with Gasteiger partial charge in [0.15, 0.2) is 0 Å². The molecule has 1 amide bonds. The van der Waals surface area contributed by atoms with Gasteiger partial charge in [0, 0.05) is 18.5 Å². The van der Waals surface area contributed by atoms with E-state index >= 15 is 0 Å². The quantitative estimate of drug-likeness (QED) is 0.465. The summed E-state index contributed by atoms with van der Waals surface area (Å²) in [5, 5.41) is 6.94. The molecule has 6 nitrogen and oxygen atoms in total. The molecule has 6 heteroatoms. The molecule has 4 rings (SSSR count). The topological polar surface area (TPSA) is 76.0 Å². The minimum absolute atomic E-state index is 0.0693. The fraction of sp³-hybridized carbons (Fsp3) is 0.160. The first-order valence-corrected chi connectivity index (χ1v) is 10.3. The van der Waals surface area contributed by atoms with Gasteiger partial charge in [0.2, 0.25) is 5.91 Å². The van der Waals surface area contributed by atoms with Crippen molar-refractivity contribution in [2.75, 3.05) is 11.9 Å². The van der Waals surface area contributed by atoms with Crippen LogP contribution in [0.15, 0.2) is 89.7 Å². The lowest BCUT2D eigenvalue weighted by Crippen LogP contribution is -2.34. The van der Waals surface area contributed by atoms with Gasteiger partial charge in [-0.1, -0.05) is 72.8 Å². The molecule has 1 heterocycles. The van der Waals surface area contributed by atoms with Crippen LogP contribution >= 0.6 is 0 Å². The van der Waals surface area contributed by atoms with Crippen molar-refractivity contribution in [2.45, 2.75) is 19.5 Å². The van der Waals surface area contributed by atoms with Crippen LogP contribution in [-0.4, -0.2) is 22.0 Å². The largest absolute Gasteiger partial charge is 0.365 e. The highest BCUT2D eigenvalue weighted by Crippen LogP contribution is 2.20. The average Bonchev–Trinajstić information content (AvgIpc) is 2.81. The zero-order valence-electron chi connectivity index (χ0n) is 17.1. The molecule has 4 aromatic rings. The van der Waals surface area contributed by atoms with Crippen molar-refractivity contribution in [2.24, 2.45) is 0 Å². The SMILES string of the molecule is O=C(Cn1c(=O)nc(NCc2ccccc2)c2ccccc21)NCCc1ccccc1. The standard InChI is InChI=1S/C25H24N4O2/c30-23(26-16-15-19-9-3-1-4-10-19)18-29-22-14-8-7-13-21(22)24(28-25(29)31)27-17-20-11-5-2-6-12-20/h1-14H,15-18H2,(H,26,30)(H,27,28,31). The van der Waals surface area contributed by atoms with Crippen LogP contribution in [0, 0.1) is 0 Å². The van der Waals surface area contributed by atoms with E-state index < -0.39 is 5.69 Å². The molecule has 0 saturated heterocycles. The van der Waals surface area contributed by atoms with Crippen molar-refractivity contribution >= 4 is 22.6 Å². The molecule has 0 aliphatic heterocycles. The third-order valence-corrected chi connectivity index (χ3v) is 5.07. The Morgan fingerprint density at radius 3 is 2.23 bits per heavy atom. The Morgan fingerprint density at radius 1 is 0.839 bits per heavy atom. The van der Waals surface area contributed by atoms with E-state index in [4.69, 9.17) is 0 Å². The molecule has 1 aromatic heterocycles. The number of fused-ring (bicyclic) bond motifs is 1. The summed E-state index contributed by atoms with van der Waals surface area (Å²) in [4.78, 5) is 29.4. The molecule has 0 aliphatic carbocycles. The highest BCUT2D eigenvalue weighted by Gasteiger charge is 2.13. The molecule has 3 aromatic carbocycles. The van der Waals surface area contributed by atoms with E-state index in [1.165, 1.54) is 4.57 Å². The lowest BCUT2D eigenvalue weighted by Gasteiger charge is -2.14. The van der Waals surface area contributed by atoms with Crippen LogP contribution in [0.4, 0.5) is 5.82 Å². The highest BCUT2D eigenvalue weighted by atomic mass is 16.2. The first-order valence-electron chi connectivity index (χ1n) is 10.3. The molecule has 2 N–H and O–H groups in total. The number of para-hydroxylation sites is 1. The second-order valence-corrected chi connectivity index (χ2v) is 7.27. The summed E-state index contributed by atoms with van der Waals surface area (Å²) in [5.74, 6) is 0.306. The summed E-state index contributed by atoms with van der Waals surface area (Å²) in [7, 11) is 0. The fourth-order valence-electron chi connectivity index (χ4n) is 3.49. The van der Waals surface area contributed by atoms with Gasteiger partial charge in [-0.2, -0.15) is 4.98 Å². The number of carbonyl (C=O) groups excluding carboxylic acids is 1. The van der Waals surface area contributed by atoms with Crippen molar-refractivity contribution < 1.29 is 4.79 Å². The van der Waals surface area contributed by atoms with Crippen molar-refractivity contribution in [1.29, 1.82) is 0 Å². The van der Waals surface area contributed by atoms with Crippen molar-refractivity contribution in [3.8, 4) is 0 Å². The van der Waals surface area contributed by atoms with Gasteiger partial charge < -0.3 is 10.6 Å². The lowest BCUT2D eigenvalue weighted by molar-refractivity contribution is -0.121. The number of nitrogens with one attached hydrogen (secondary N) is 2. The molecule has 0 fully saturated rings. The van der Waals surface area contributed by atoms with Gasteiger partial charge in [-0.25, -0.2) is 4.79 Å². The second kappa shape index (κ2) is 9.71. The predicted molar refractivity (Wildman–Crippen MR) is 123 cm³/mol. The minimum atomic E-state index is -0.451. The number of aromatic nitrogens is 2. The van der Waals surface area contributed by atoms with E-state index in [-0.39, 0.29) is 12.5 Å². The molecule has 156 valence electrons. The zero-order valence-corrected chi connectivity index (χ0v) is 17.1. The number of hydrogen-bond donors (Lipinski definition) is 2. The molecule has 0 aliphatic rings. The average molecular weight is 412 g/mol. The number of anilines is 1. The van der Waals surface area contributed by atoms with Crippen LogP contribution in [-0.2, 0) is 24.3 Å². The van der Waals surface area contributed by atoms with Crippen molar-refractivity contribution in [1.82, 2.24) is 14.9 Å². The first kappa shape index (κ1) is 20.3. The summed E-state index contributed by atoms with van der Waals surface area (Å²) >= 11 is 0. The van der Waals surface area contributed by atoms with Gasteiger partial charge in [-0.3, -0.25) is 9.36 Å². The van der Waals surface area contributed by atoms with E-state index in [1.54, 1.807) is 0 Å². The molecule has 0 atom stereocenters. The Bertz CT molecular complexity index is 1220. The maximum absolute atomic E-state index is 12.7. The van der Waals surface area contributed by atoms with Gasteiger partial charge in [-0.05, 0) is 29.7 Å². The molecule has 0 spiro atoms. The van der Waals surface area contributed by atoms with Crippen LogP contribution in [0.3, 0.4) is 0 Å². The summed E-state index contributed by atoms with van der Waals surface area (Å²) in [6.07, 6.45) is 0.739. The van der Waals surface area contributed by atoms with Gasteiger partial charge in [0.05, 0.1) is 5.52 Å². The van der Waals surface area contributed by atoms with E-state index in [1.807, 2.05) is 84.9 Å². The van der Waals surface area contributed by atoms with Crippen LogP contribution in [0.2, 0.25) is 0 Å². The minimum Gasteiger partial charge on any atom is -0.365 e. The molecular weight excluding hydrogens is 388 g/mol. The Hall–Kier alpha value is -3.93. The molecule has 0 bridgehead atoms. The molecule has 0 saturated carbocycles. The van der Waals surface area contributed by atoms with Crippen LogP contribution < -0.4 is 16.3 Å². The monoisotopic (exact) mass is 412 g/mol. The molecular formula is C25H24N4O2. The number of rotatable bonds is 8. The van der Waals surface area contributed by atoms with Crippen LogP contribution in [0.5, 0.6) is 0 Å². The number of nitrogens with zero attached hydrogens (tertiary/aromatic N) is 2. The normalized spacial score (nSPS) is 10.7. The Kier molecular flexibility index (Phi) is 6.38. The van der Waals surface area contributed by atoms with Crippen LogP contribution in [0.1, 0.15) is 11.1 Å². The third kappa shape index (κ3) is 5.17. The first-order chi connectivity index (χ1) is 15.2. The predicted octanol–water partition coefficient (Wildman–Crippen LogP) is 3.37. The van der Waals surface area contributed by atoms with Crippen molar-refractivity contribution in [3.05, 3.63) is 107 Å². The smallest absolute Gasteiger partial charge is 0.350 e. The van der Waals surface area contributed by atoms with E-state index in [2.05, 4.69) is 15.6 Å². The van der Waals surface area contributed by atoms with E-state index in [0.717, 1.165) is 22.9 Å². The summed E-state index contributed by atoms with van der Waals surface area (Å²) in [5.41, 5.74) is 2.47. The van der Waals surface area contributed by atoms with Gasteiger partial charge in [0.1, 0.15) is 12.4 Å². The molecule has 0 unspecified atom stereocenters.